The highest BCUT2D eigenvalue weighted by atomic mass is 16.4. The third kappa shape index (κ3) is 2.98. The van der Waals surface area contributed by atoms with Crippen LogP contribution in [0.5, 0.6) is 0 Å². The van der Waals surface area contributed by atoms with Gasteiger partial charge in [0.25, 0.3) is 5.91 Å². The van der Waals surface area contributed by atoms with Gasteiger partial charge in [-0.05, 0) is 18.8 Å². The molecule has 21 heavy (non-hydrogen) atoms. The monoisotopic (exact) mass is 297 g/mol. The van der Waals surface area contributed by atoms with Gasteiger partial charge in [-0.25, -0.2) is 9.59 Å². The van der Waals surface area contributed by atoms with Crippen molar-refractivity contribution in [1.29, 1.82) is 0 Å². The molecule has 4 amide bonds. The Morgan fingerprint density at radius 2 is 2.00 bits per heavy atom. The normalized spacial score (nSPS) is 29.7. The number of carboxylic acids is 1. The standard InChI is InChI=1S/C13H19N3O5/c1-7-3-4-16(9(5-7)12(19)20)13(21)14-8-6-10(17)15(2)11(8)18/h7-9H,3-6H2,1-2H3,(H,14,21)(H,19,20). The van der Waals surface area contributed by atoms with E-state index in [1.807, 2.05) is 6.92 Å². The minimum absolute atomic E-state index is 0.0803. The third-order valence-corrected chi connectivity index (χ3v) is 4.09. The average Bonchev–Trinajstić information content (AvgIpc) is 2.66. The van der Waals surface area contributed by atoms with E-state index in [0.29, 0.717) is 19.4 Å². The first-order valence-electron chi connectivity index (χ1n) is 6.91. The summed E-state index contributed by atoms with van der Waals surface area (Å²) in [6.45, 7) is 2.27. The van der Waals surface area contributed by atoms with Gasteiger partial charge in [-0.1, -0.05) is 6.92 Å². The van der Waals surface area contributed by atoms with Gasteiger partial charge in [-0.3, -0.25) is 14.5 Å². The smallest absolute Gasteiger partial charge is 0.326 e. The maximum atomic E-state index is 12.2. The van der Waals surface area contributed by atoms with E-state index in [9.17, 15) is 24.3 Å². The molecule has 0 aromatic carbocycles. The molecule has 2 aliphatic heterocycles. The Bertz CT molecular complexity index is 492. The molecule has 8 heteroatoms. The number of hydrogen-bond acceptors (Lipinski definition) is 4. The molecule has 2 fully saturated rings. The van der Waals surface area contributed by atoms with Crippen molar-refractivity contribution >= 4 is 23.8 Å². The molecular formula is C13H19N3O5. The number of imide groups is 1. The first-order valence-corrected chi connectivity index (χ1v) is 6.91. The van der Waals surface area contributed by atoms with Crippen LogP contribution < -0.4 is 5.32 Å². The molecule has 0 spiro atoms. The molecule has 2 rings (SSSR count). The lowest BCUT2D eigenvalue weighted by Gasteiger charge is -2.36. The molecule has 2 saturated heterocycles. The highest BCUT2D eigenvalue weighted by Crippen LogP contribution is 2.23. The van der Waals surface area contributed by atoms with E-state index in [4.69, 9.17) is 0 Å². The maximum Gasteiger partial charge on any atom is 0.326 e. The fraction of sp³-hybridized carbons (Fsp3) is 0.692. The van der Waals surface area contributed by atoms with Crippen LogP contribution in [0.4, 0.5) is 4.79 Å². The summed E-state index contributed by atoms with van der Waals surface area (Å²) >= 11 is 0. The van der Waals surface area contributed by atoms with Gasteiger partial charge in [0, 0.05) is 13.6 Å². The maximum absolute atomic E-state index is 12.2. The Hall–Kier alpha value is -2.12. The Labute approximate surface area is 122 Å². The predicted molar refractivity (Wildman–Crippen MR) is 71.2 cm³/mol. The SMILES string of the molecule is CC1CCN(C(=O)NC2CC(=O)N(C)C2=O)C(C(=O)O)C1. The zero-order valence-corrected chi connectivity index (χ0v) is 12.0. The zero-order chi connectivity index (χ0) is 15.7. The lowest BCUT2D eigenvalue weighted by Crippen LogP contribution is -2.55. The minimum atomic E-state index is -1.05. The van der Waals surface area contributed by atoms with Gasteiger partial charge in [0.2, 0.25) is 5.91 Å². The fourth-order valence-corrected chi connectivity index (χ4v) is 2.72. The largest absolute Gasteiger partial charge is 0.480 e. The Balaban J connectivity index is 2.04. The number of likely N-dealkylation sites (tertiary alicyclic amines) is 2. The van der Waals surface area contributed by atoms with Crippen molar-refractivity contribution in [2.75, 3.05) is 13.6 Å². The average molecular weight is 297 g/mol. The number of carbonyl (C=O) groups excluding carboxylic acids is 3. The fourth-order valence-electron chi connectivity index (χ4n) is 2.72. The van der Waals surface area contributed by atoms with Crippen LogP contribution in [0.2, 0.25) is 0 Å². The van der Waals surface area contributed by atoms with Crippen molar-refractivity contribution in [3.8, 4) is 0 Å². The van der Waals surface area contributed by atoms with Crippen LogP contribution >= 0.6 is 0 Å². The number of hydrogen-bond donors (Lipinski definition) is 2. The van der Waals surface area contributed by atoms with Crippen LogP contribution in [0.1, 0.15) is 26.2 Å². The number of amides is 4. The molecule has 8 nitrogen and oxygen atoms in total. The molecule has 2 aliphatic rings. The Morgan fingerprint density at radius 1 is 1.33 bits per heavy atom. The van der Waals surface area contributed by atoms with Crippen LogP contribution in [-0.2, 0) is 14.4 Å². The van der Waals surface area contributed by atoms with E-state index >= 15 is 0 Å². The highest BCUT2D eigenvalue weighted by Gasteiger charge is 2.40. The summed E-state index contributed by atoms with van der Waals surface area (Å²) in [5.74, 6) is -1.64. The number of aliphatic carboxylic acids is 1. The van der Waals surface area contributed by atoms with Crippen LogP contribution in [0.25, 0.3) is 0 Å². The number of likely N-dealkylation sites (N-methyl/N-ethyl adjacent to an activating group) is 1. The zero-order valence-electron chi connectivity index (χ0n) is 12.0. The number of nitrogens with one attached hydrogen (secondary N) is 1. The van der Waals surface area contributed by atoms with Crippen LogP contribution in [0, 0.1) is 5.92 Å². The summed E-state index contributed by atoms with van der Waals surface area (Å²) < 4.78 is 0. The summed E-state index contributed by atoms with van der Waals surface area (Å²) in [4.78, 5) is 48.8. The van der Waals surface area contributed by atoms with E-state index in [2.05, 4.69) is 5.32 Å². The van der Waals surface area contributed by atoms with Crippen LogP contribution in [0.3, 0.4) is 0 Å². The van der Waals surface area contributed by atoms with E-state index in [-0.39, 0.29) is 18.2 Å². The molecule has 0 saturated carbocycles. The highest BCUT2D eigenvalue weighted by molar-refractivity contribution is 6.06. The lowest BCUT2D eigenvalue weighted by molar-refractivity contribution is -0.144. The summed E-state index contributed by atoms with van der Waals surface area (Å²) in [7, 11) is 1.36. The van der Waals surface area contributed by atoms with E-state index in [0.717, 1.165) is 4.90 Å². The molecule has 3 unspecified atom stereocenters. The second-order valence-electron chi connectivity index (χ2n) is 5.67. The first-order chi connectivity index (χ1) is 9.81. The molecular weight excluding hydrogens is 278 g/mol. The lowest BCUT2D eigenvalue weighted by atomic mass is 9.93. The Kier molecular flexibility index (Phi) is 4.15. The van der Waals surface area contributed by atoms with Gasteiger partial charge in [0.15, 0.2) is 0 Å². The quantitative estimate of drug-likeness (QED) is 0.677. The molecule has 3 atom stereocenters. The number of urea groups is 1. The Morgan fingerprint density at radius 3 is 2.52 bits per heavy atom. The van der Waals surface area contributed by atoms with Gasteiger partial charge in [0.1, 0.15) is 12.1 Å². The third-order valence-electron chi connectivity index (χ3n) is 4.09. The molecule has 2 N–H and O–H groups in total. The second kappa shape index (κ2) is 5.71. The predicted octanol–water partition coefficient (Wildman–Crippen LogP) is -0.362. The van der Waals surface area contributed by atoms with Crippen molar-refractivity contribution in [1.82, 2.24) is 15.1 Å². The summed E-state index contributed by atoms with van der Waals surface area (Å²) in [6, 6.07) is -2.39. The topological polar surface area (TPSA) is 107 Å². The van der Waals surface area contributed by atoms with E-state index < -0.39 is 30.0 Å². The van der Waals surface area contributed by atoms with Crippen molar-refractivity contribution in [3.63, 3.8) is 0 Å². The van der Waals surface area contributed by atoms with Crippen molar-refractivity contribution in [2.45, 2.75) is 38.3 Å². The van der Waals surface area contributed by atoms with Gasteiger partial charge < -0.3 is 15.3 Å². The number of carboxylic acid groups (broad SMARTS) is 1. The summed E-state index contributed by atoms with van der Waals surface area (Å²) in [5.41, 5.74) is 0. The van der Waals surface area contributed by atoms with Crippen molar-refractivity contribution in [3.05, 3.63) is 0 Å². The number of piperidine rings is 1. The van der Waals surface area contributed by atoms with E-state index in [1.165, 1.54) is 11.9 Å². The van der Waals surface area contributed by atoms with Crippen LogP contribution in [-0.4, -0.2) is 64.4 Å². The molecule has 0 aromatic rings. The van der Waals surface area contributed by atoms with Crippen LogP contribution in [0.15, 0.2) is 0 Å². The van der Waals surface area contributed by atoms with Crippen molar-refractivity contribution < 1.29 is 24.3 Å². The van der Waals surface area contributed by atoms with Crippen molar-refractivity contribution in [2.24, 2.45) is 5.92 Å². The first kappa shape index (κ1) is 15.3. The van der Waals surface area contributed by atoms with Gasteiger partial charge in [-0.2, -0.15) is 0 Å². The molecule has 0 radical (unpaired) electrons. The van der Waals surface area contributed by atoms with E-state index in [1.54, 1.807) is 0 Å². The van der Waals surface area contributed by atoms with Gasteiger partial charge in [-0.15, -0.1) is 0 Å². The number of nitrogens with zero attached hydrogens (tertiary/aromatic N) is 2. The summed E-state index contributed by atoms with van der Waals surface area (Å²) in [6.07, 6.45) is 1.03. The summed E-state index contributed by atoms with van der Waals surface area (Å²) in [5, 5.41) is 11.7. The molecule has 0 aliphatic carbocycles. The van der Waals surface area contributed by atoms with Gasteiger partial charge >= 0.3 is 12.0 Å². The molecule has 0 aromatic heterocycles. The molecule has 116 valence electrons. The van der Waals surface area contributed by atoms with Gasteiger partial charge in [0.05, 0.1) is 6.42 Å². The molecule has 0 bridgehead atoms. The number of carbonyl (C=O) groups is 4. The minimum Gasteiger partial charge on any atom is -0.480 e. The second-order valence-corrected chi connectivity index (χ2v) is 5.67. The number of rotatable bonds is 2. The molecule has 2 heterocycles.